The van der Waals surface area contributed by atoms with E-state index in [0.717, 1.165) is 5.56 Å². The van der Waals surface area contributed by atoms with Crippen molar-refractivity contribution in [1.82, 2.24) is 19.2 Å². The molecule has 10 heteroatoms. The fourth-order valence-electron chi connectivity index (χ4n) is 3.64. The molecule has 7 nitrogen and oxygen atoms in total. The maximum atomic E-state index is 13.4. The summed E-state index contributed by atoms with van der Waals surface area (Å²) in [7, 11) is 1.60. The van der Waals surface area contributed by atoms with Gasteiger partial charge < -0.3 is 4.74 Å². The van der Waals surface area contributed by atoms with Crippen molar-refractivity contribution in [3.8, 4) is 5.75 Å². The number of benzene rings is 2. The number of thiophene rings is 1. The molecule has 0 aliphatic heterocycles. The van der Waals surface area contributed by atoms with Crippen LogP contribution in [0.2, 0.25) is 4.34 Å². The summed E-state index contributed by atoms with van der Waals surface area (Å²) in [4.78, 5) is 26.6. The van der Waals surface area contributed by atoms with E-state index in [9.17, 15) is 9.59 Å². The van der Waals surface area contributed by atoms with E-state index in [1.54, 1.807) is 29.9 Å². The number of halogens is 1. The second kappa shape index (κ2) is 9.01. The van der Waals surface area contributed by atoms with Gasteiger partial charge in [0.15, 0.2) is 10.9 Å². The summed E-state index contributed by atoms with van der Waals surface area (Å²) in [5, 5.41) is 9.71. The average Bonchev–Trinajstić information content (AvgIpc) is 3.47. The number of hydrogen-bond donors (Lipinski definition) is 0. The number of ketones is 1. The molecule has 3 aromatic heterocycles. The number of thioether (sulfide) groups is 1. The molecule has 0 bridgehead atoms. The Morgan fingerprint density at radius 2 is 1.88 bits per heavy atom. The molecule has 0 N–H and O–H groups in total. The lowest BCUT2D eigenvalue weighted by Crippen LogP contribution is -2.24. The van der Waals surface area contributed by atoms with Gasteiger partial charge in [0.25, 0.3) is 5.56 Å². The fourth-order valence-corrected chi connectivity index (χ4v) is 5.53. The summed E-state index contributed by atoms with van der Waals surface area (Å²) in [5.74, 6) is 1.22. The summed E-state index contributed by atoms with van der Waals surface area (Å²) < 4.78 is 9.44. The van der Waals surface area contributed by atoms with Crippen molar-refractivity contribution in [2.45, 2.75) is 11.7 Å². The predicted molar refractivity (Wildman–Crippen MR) is 131 cm³/mol. The molecule has 2 aromatic carbocycles. The van der Waals surface area contributed by atoms with Crippen LogP contribution < -0.4 is 10.3 Å². The normalized spacial score (nSPS) is 11.3. The van der Waals surface area contributed by atoms with Crippen molar-refractivity contribution < 1.29 is 9.53 Å². The van der Waals surface area contributed by atoms with E-state index in [4.69, 9.17) is 16.3 Å². The van der Waals surface area contributed by atoms with E-state index in [0.29, 0.717) is 36.8 Å². The lowest BCUT2D eigenvalue weighted by Gasteiger charge is -2.13. The van der Waals surface area contributed by atoms with E-state index >= 15 is 0 Å². The highest BCUT2D eigenvalue weighted by Gasteiger charge is 2.19. The molecule has 166 valence electrons. The molecular weight excluding hydrogens is 480 g/mol. The molecule has 0 saturated carbocycles. The highest BCUT2D eigenvalue weighted by atomic mass is 35.5. The second-order valence-corrected chi connectivity index (χ2v) is 9.81. The first kappa shape index (κ1) is 21.7. The molecule has 0 spiro atoms. The van der Waals surface area contributed by atoms with Crippen LogP contribution in [0.4, 0.5) is 0 Å². The van der Waals surface area contributed by atoms with E-state index in [2.05, 4.69) is 10.2 Å². The van der Waals surface area contributed by atoms with Gasteiger partial charge in [-0.05, 0) is 30.3 Å². The van der Waals surface area contributed by atoms with Crippen molar-refractivity contribution in [2.75, 3.05) is 12.9 Å². The Hall–Kier alpha value is -3.14. The summed E-state index contributed by atoms with van der Waals surface area (Å²) in [5.41, 5.74) is 1.37. The molecule has 0 aliphatic rings. The van der Waals surface area contributed by atoms with Gasteiger partial charge in [-0.25, -0.2) is 0 Å². The maximum Gasteiger partial charge on any atom is 0.263 e. The largest absolute Gasteiger partial charge is 0.496 e. The van der Waals surface area contributed by atoms with E-state index in [-0.39, 0.29) is 23.6 Å². The Morgan fingerprint density at radius 3 is 2.67 bits per heavy atom. The number of methoxy groups -OCH3 is 1. The first-order valence-corrected chi connectivity index (χ1v) is 12.1. The van der Waals surface area contributed by atoms with Crippen LogP contribution in [0.15, 0.2) is 70.6 Å². The molecule has 0 amide bonds. The topological polar surface area (TPSA) is 78.5 Å². The molecule has 33 heavy (non-hydrogen) atoms. The van der Waals surface area contributed by atoms with Crippen molar-refractivity contribution in [3.05, 3.63) is 85.8 Å². The van der Waals surface area contributed by atoms with Crippen LogP contribution in [0.25, 0.3) is 16.7 Å². The number of para-hydroxylation sites is 2. The molecular formula is C23H17ClN4O3S2. The van der Waals surface area contributed by atoms with Crippen LogP contribution in [0.5, 0.6) is 5.75 Å². The van der Waals surface area contributed by atoms with Gasteiger partial charge in [-0.1, -0.05) is 53.7 Å². The minimum atomic E-state index is -0.169. The Labute approximate surface area is 201 Å². The van der Waals surface area contributed by atoms with Crippen molar-refractivity contribution >= 4 is 57.2 Å². The Balaban J connectivity index is 1.60. The lowest BCUT2D eigenvalue weighted by atomic mass is 10.2. The number of nitrogens with zero attached hydrogens (tertiary/aromatic N) is 4. The first-order valence-electron chi connectivity index (χ1n) is 9.96. The van der Waals surface area contributed by atoms with Crippen molar-refractivity contribution in [3.63, 3.8) is 0 Å². The van der Waals surface area contributed by atoms with Gasteiger partial charge in [-0.3, -0.25) is 18.6 Å². The third-order valence-corrected chi connectivity index (χ3v) is 7.38. The van der Waals surface area contributed by atoms with E-state index in [1.165, 1.54) is 23.1 Å². The molecule has 0 saturated heterocycles. The highest BCUT2D eigenvalue weighted by molar-refractivity contribution is 7.99. The van der Waals surface area contributed by atoms with Gasteiger partial charge in [-0.2, -0.15) is 0 Å². The Kier molecular flexibility index (Phi) is 5.92. The van der Waals surface area contributed by atoms with Gasteiger partial charge in [0.05, 0.1) is 39.5 Å². The van der Waals surface area contributed by atoms with E-state index < -0.39 is 0 Å². The van der Waals surface area contributed by atoms with Crippen molar-refractivity contribution in [2.24, 2.45) is 0 Å². The zero-order valence-corrected chi connectivity index (χ0v) is 19.8. The fraction of sp³-hybridized carbons (Fsp3) is 0.130. The molecule has 0 radical (unpaired) electrons. The van der Waals surface area contributed by atoms with Crippen LogP contribution in [0, 0.1) is 0 Å². The highest BCUT2D eigenvalue weighted by Crippen LogP contribution is 2.27. The number of ether oxygens (including phenoxy) is 1. The number of Topliss-reactive ketones (excluding diaryl/α,β-unsaturated/α-hetero) is 1. The SMILES string of the molecule is COc1ccccc1Cn1c(=O)c2ccccc2n2c(SCC(=O)c3ccc(Cl)s3)nnc12. The molecule has 0 fully saturated rings. The number of aromatic nitrogens is 4. The zero-order chi connectivity index (χ0) is 22.9. The first-order chi connectivity index (χ1) is 16.1. The van der Waals surface area contributed by atoms with Gasteiger partial charge in [0, 0.05) is 5.56 Å². The standard InChI is InChI=1S/C23H17ClN4O3S2/c1-31-18-9-5-2-6-14(18)12-27-21(30)15-7-3-4-8-16(15)28-22(27)25-26-23(28)32-13-17(29)19-10-11-20(24)33-19/h2-11H,12-13H2,1H3. The van der Waals surface area contributed by atoms with E-state index in [1.807, 2.05) is 46.9 Å². The number of carbonyl (C=O) groups is 1. The summed E-state index contributed by atoms with van der Waals surface area (Å²) in [6.07, 6.45) is 0. The summed E-state index contributed by atoms with van der Waals surface area (Å²) in [6, 6.07) is 18.3. The van der Waals surface area contributed by atoms with Crippen LogP contribution in [0.3, 0.4) is 0 Å². The number of rotatable bonds is 7. The molecule has 0 aliphatic carbocycles. The smallest absolute Gasteiger partial charge is 0.263 e. The quantitative estimate of drug-likeness (QED) is 0.238. The number of fused-ring (bicyclic) bond motifs is 3. The van der Waals surface area contributed by atoms with Crippen LogP contribution in [0.1, 0.15) is 15.2 Å². The Morgan fingerprint density at radius 1 is 1.09 bits per heavy atom. The summed E-state index contributed by atoms with van der Waals surface area (Å²) in [6.45, 7) is 0.270. The monoisotopic (exact) mass is 496 g/mol. The minimum Gasteiger partial charge on any atom is -0.496 e. The molecule has 0 unspecified atom stereocenters. The van der Waals surface area contributed by atoms with Gasteiger partial charge in [0.1, 0.15) is 5.75 Å². The van der Waals surface area contributed by atoms with Gasteiger partial charge in [0.2, 0.25) is 5.78 Å². The molecule has 0 atom stereocenters. The average molecular weight is 497 g/mol. The third-order valence-electron chi connectivity index (χ3n) is 5.18. The predicted octanol–water partition coefficient (Wildman–Crippen LogP) is 4.79. The van der Waals surface area contributed by atoms with Crippen LogP contribution in [-0.2, 0) is 6.54 Å². The molecule has 5 rings (SSSR count). The number of hydrogen-bond acceptors (Lipinski definition) is 7. The molecule has 3 heterocycles. The van der Waals surface area contributed by atoms with Gasteiger partial charge in [-0.15, -0.1) is 21.5 Å². The number of carbonyl (C=O) groups excluding carboxylic acids is 1. The van der Waals surface area contributed by atoms with Crippen LogP contribution in [-0.4, -0.2) is 37.8 Å². The maximum absolute atomic E-state index is 13.4. The summed E-state index contributed by atoms with van der Waals surface area (Å²) >= 11 is 8.49. The molecule has 5 aromatic rings. The minimum absolute atomic E-state index is 0.0414. The Bertz CT molecular complexity index is 1560. The second-order valence-electron chi connectivity index (χ2n) is 7.15. The lowest BCUT2D eigenvalue weighted by molar-refractivity contribution is 0.102. The van der Waals surface area contributed by atoms with Crippen LogP contribution >= 0.6 is 34.7 Å². The zero-order valence-electron chi connectivity index (χ0n) is 17.4. The third kappa shape index (κ3) is 4.03. The van der Waals surface area contributed by atoms with Gasteiger partial charge >= 0.3 is 0 Å². The van der Waals surface area contributed by atoms with Crippen molar-refractivity contribution in [1.29, 1.82) is 0 Å².